The molecule has 0 aliphatic carbocycles. The highest BCUT2D eigenvalue weighted by Gasteiger charge is 2.12. The van der Waals surface area contributed by atoms with Crippen molar-refractivity contribution in [2.45, 2.75) is 23.6 Å². The van der Waals surface area contributed by atoms with E-state index in [0.29, 0.717) is 0 Å². The van der Waals surface area contributed by atoms with Gasteiger partial charge in [0.1, 0.15) is 5.69 Å². The van der Waals surface area contributed by atoms with Crippen molar-refractivity contribution in [1.82, 2.24) is 15.0 Å². The normalized spacial score (nSPS) is 12.6. The molecule has 1 unspecified atom stereocenters. The van der Waals surface area contributed by atoms with Gasteiger partial charge in [0.15, 0.2) is 0 Å². The number of hydrogen-bond acceptors (Lipinski definition) is 3. The summed E-state index contributed by atoms with van der Waals surface area (Å²) in [5.41, 5.74) is 1.86. The molecule has 1 aromatic heterocycles. The quantitative estimate of drug-likeness (QED) is 0.625. The van der Waals surface area contributed by atoms with Crippen LogP contribution in [0.4, 0.5) is 0 Å². The molecule has 2 aromatic rings. The Morgan fingerprint density at radius 3 is 2.88 bits per heavy atom. The molecule has 0 saturated carbocycles. The van der Waals surface area contributed by atoms with Crippen LogP contribution in [0.1, 0.15) is 24.4 Å². The second-order valence-electron chi connectivity index (χ2n) is 3.64. The topological polar surface area (TPSA) is 30.7 Å². The van der Waals surface area contributed by atoms with Gasteiger partial charge in [-0.1, -0.05) is 24.3 Å². The van der Waals surface area contributed by atoms with Crippen LogP contribution in [-0.4, -0.2) is 21.2 Å². The summed E-state index contributed by atoms with van der Waals surface area (Å²) in [6.45, 7) is 2.03. The van der Waals surface area contributed by atoms with Crippen LogP contribution in [0.15, 0.2) is 35.4 Å². The predicted octanol–water partition coefficient (Wildman–Crippen LogP) is 3.68. The van der Waals surface area contributed by atoms with Crippen LogP contribution < -0.4 is 0 Å². The standard InChI is InChI=1S/C12H14ClN3S/c1-3-9(13)10-8-16(15-14-10)11-6-4-5-7-12(11)17-2/h4-9H,3H2,1-2H3. The van der Waals surface area contributed by atoms with Gasteiger partial charge >= 0.3 is 0 Å². The van der Waals surface area contributed by atoms with Crippen molar-refractivity contribution in [3.05, 3.63) is 36.2 Å². The third kappa shape index (κ3) is 2.64. The molecule has 90 valence electrons. The minimum Gasteiger partial charge on any atom is -0.219 e. The minimum absolute atomic E-state index is 0.0646. The second-order valence-corrected chi connectivity index (χ2v) is 5.01. The molecule has 0 aliphatic rings. The third-order valence-electron chi connectivity index (χ3n) is 2.52. The monoisotopic (exact) mass is 267 g/mol. The highest BCUT2D eigenvalue weighted by atomic mass is 35.5. The molecule has 0 saturated heterocycles. The molecule has 2 rings (SSSR count). The van der Waals surface area contributed by atoms with E-state index in [-0.39, 0.29) is 5.38 Å². The van der Waals surface area contributed by atoms with Crippen molar-refractivity contribution >= 4 is 23.4 Å². The fraction of sp³-hybridized carbons (Fsp3) is 0.333. The van der Waals surface area contributed by atoms with E-state index in [0.717, 1.165) is 17.8 Å². The first-order valence-electron chi connectivity index (χ1n) is 5.46. The van der Waals surface area contributed by atoms with E-state index in [1.54, 1.807) is 16.4 Å². The zero-order valence-electron chi connectivity index (χ0n) is 9.80. The Labute approximate surface area is 110 Å². The molecule has 0 amide bonds. The maximum atomic E-state index is 6.14. The minimum atomic E-state index is -0.0646. The maximum Gasteiger partial charge on any atom is 0.101 e. The van der Waals surface area contributed by atoms with Gasteiger partial charge in [-0.05, 0) is 24.8 Å². The zero-order chi connectivity index (χ0) is 12.3. The molecule has 0 fully saturated rings. The van der Waals surface area contributed by atoms with E-state index >= 15 is 0 Å². The predicted molar refractivity (Wildman–Crippen MR) is 72.0 cm³/mol. The highest BCUT2D eigenvalue weighted by Crippen LogP contribution is 2.25. The zero-order valence-corrected chi connectivity index (χ0v) is 11.4. The summed E-state index contributed by atoms with van der Waals surface area (Å²) in [4.78, 5) is 1.17. The van der Waals surface area contributed by atoms with Gasteiger partial charge in [-0.2, -0.15) is 0 Å². The molecule has 0 radical (unpaired) electrons. The Kier molecular flexibility index (Phi) is 4.07. The number of rotatable bonds is 4. The molecule has 0 N–H and O–H groups in total. The largest absolute Gasteiger partial charge is 0.219 e. The lowest BCUT2D eigenvalue weighted by atomic mass is 10.2. The second kappa shape index (κ2) is 5.56. The van der Waals surface area contributed by atoms with Crippen LogP contribution >= 0.6 is 23.4 Å². The van der Waals surface area contributed by atoms with Gasteiger partial charge in [0.25, 0.3) is 0 Å². The Balaban J connectivity index is 2.37. The summed E-state index contributed by atoms with van der Waals surface area (Å²) < 4.78 is 1.78. The molecule has 0 bridgehead atoms. The van der Waals surface area contributed by atoms with Crippen molar-refractivity contribution in [2.75, 3.05) is 6.26 Å². The average molecular weight is 268 g/mol. The third-order valence-corrected chi connectivity index (χ3v) is 3.84. The number of para-hydroxylation sites is 1. The van der Waals surface area contributed by atoms with Gasteiger partial charge in [0, 0.05) is 4.90 Å². The van der Waals surface area contributed by atoms with Crippen LogP contribution in [0.25, 0.3) is 5.69 Å². The fourth-order valence-corrected chi connectivity index (χ4v) is 2.25. The Bertz CT molecular complexity index is 498. The van der Waals surface area contributed by atoms with Gasteiger partial charge < -0.3 is 0 Å². The molecule has 17 heavy (non-hydrogen) atoms. The summed E-state index contributed by atoms with van der Waals surface area (Å²) in [6, 6.07) is 8.11. The lowest BCUT2D eigenvalue weighted by Crippen LogP contribution is -1.96. The first-order valence-corrected chi connectivity index (χ1v) is 7.12. The molecule has 3 nitrogen and oxygen atoms in total. The van der Waals surface area contributed by atoms with Crippen molar-refractivity contribution in [2.24, 2.45) is 0 Å². The first kappa shape index (κ1) is 12.5. The van der Waals surface area contributed by atoms with Crippen molar-refractivity contribution in [3.63, 3.8) is 0 Å². The summed E-state index contributed by atoms with van der Waals surface area (Å²) in [5.74, 6) is 0. The molecular formula is C12H14ClN3S. The summed E-state index contributed by atoms with van der Waals surface area (Å²) >= 11 is 7.84. The average Bonchev–Trinajstić information content (AvgIpc) is 2.87. The van der Waals surface area contributed by atoms with E-state index in [1.165, 1.54) is 4.90 Å². The summed E-state index contributed by atoms with van der Waals surface area (Å²) in [7, 11) is 0. The number of halogens is 1. The number of thioether (sulfide) groups is 1. The Hall–Kier alpha value is -1.00. The molecular weight excluding hydrogens is 254 g/mol. The van der Waals surface area contributed by atoms with Gasteiger partial charge in [0.05, 0.1) is 17.3 Å². The van der Waals surface area contributed by atoms with Crippen LogP contribution in [0, 0.1) is 0 Å². The van der Waals surface area contributed by atoms with Gasteiger partial charge in [-0.25, -0.2) is 4.68 Å². The first-order chi connectivity index (χ1) is 8.26. The van der Waals surface area contributed by atoms with E-state index in [1.807, 2.05) is 37.6 Å². The fourth-order valence-electron chi connectivity index (χ4n) is 1.57. The maximum absolute atomic E-state index is 6.14. The lowest BCUT2D eigenvalue weighted by Gasteiger charge is -2.05. The van der Waals surface area contributed by atoms with Crippen LogP contribution in [0.5, 0.6) is 0 Å². The van der Waals surface area contributed by atoms with E-state index in [2.05, 4.69) is 16.4 Å². The molecule has 1 aromatic carbocycles. The number of nitrogens with zero attached hydrogens (tertiary/aromatic N) is 3. The van der Waals surface area contributed by atoms with E-state index < -0.39 is 0 Å². The van der Waals surface area contributed by atoms with Crippen LogP contribution in [0.2, 0.25) is 0 Å². The molecule has 1 heterocycles. The highest BCUT2D eigenvalue weighted by molar-refractivity contribution is 7.98. The molecule has 0 aliphatic heterocycles. The van der Waals surface area contributed by atoms with Gasteiger partial charge in [-0.3, -0.25) is 0 Å². The SMILES string of the molecule is CCC(Cl)c1cn(-c2ccccc2SC)nn1. The lowest BCUT2D eigenvalue weighted by molar-refractivity contribution is 0.778. The van der Waals surface area contributed by atoms with E-state index in [4.69, 9.17) is 11.6 Å². The van der Waals surface area contributed by atoms with Crippen LogP contribution in [0.3, 0.4) is 0 Å². The van der Waals surface area contributed by atoms with Crippen LogP contribution in [-0.2, 0) is 0 Å². The van der Waals surface area contributed by atoms with Crippen molar-refractivity contribution in [3.8, 4) is 5.69 Å². The van der Waals surface area contributed by atoms with E-state index in [9.17, 15) is 0 Å². The van der Waals surface area contributed by atoms with Crippen molar-refractivity contribution < 1.29 is 0 Å². The molecule has 1 atom stereocenters. The summed E-state index contributed by atoms with van der Waals surface area (Å²) in [6.07, 6.45) is 4.80. The Morgan fingerprint density at radius 2 is 2.18 bits per heavy atom. The van der Waals surface area contributed by atoms with Gasteiger partial charge in [0.2, 0.25) is 0 Å². The van der Waals surface area contributed by atoms with Crippen molar-refractivity contribution in [1.29, 1.82) is 0 Å². The smallest absolute Gasteiger partial charge is 0.101 e. The summed E-state index contributed by atoms with van der Waals surface area (Å²) in [5, 5.41) is 8.18. The number of alkyl halides is 1. The van der Waals surface area contributed by atoms with Gasteiger partial charge in [-0.15, -0.1) is 28.5 Å². The Morgan fingerprint density at radius 1 is 1.41 bits per heavy atom. The molecule has 0 spiro atoms. The number of hydrogen-bond donors (Lipinski definition) is 0. The molecule has 5 heteroatoms. The number of aromatic nitrogens is 3. The number of benzene rings is 1.